The molecule has 0 amide bonds. The van der Waals surface area contributed by atoms with Crippen LogP contribution in [0, 0.1) is 0 Å². The normalized spacial score (nSPS) is 19.0. The predicted molar refractivity (Wildman–Crippen MR) is 60.8 cm³/mol. The largest absolute Gasteiger partial charge is 0.450 e. The minimum atomic E-state index is -4.89. The monoisotopic (exact) mass is 292 g/mol. The van der Waals surface area contributed by atoms with Gasteiger partial charge in [-0.1, -0.05) is 24.4 Å². The Bertz CT molecular complexity index is 479. The van der Waals surface area contributed by atoms with E-state index in [1.165, 1.54) is 7.11 Å². The summed E-state index contributed by atoms with van der Waals surface area (Å²) in [7, 11) is 1.52. The van der Waals surface area contributed by atoms with Gasteiger partial charge in [0.15, 0.2) is 0 Å². The summed E-state index contributed by atoms with van der Waals surface area (Å²) in [4.78, 5) is 14.8. The van der Waals surface area contributed by atoms with Crippen molar-refractivity contribution in [2.24, 2.45) is 0 Å². The maximum atomic E-state index is 12.2. The summed E-state index contributed by atoms with van der Waals surface area (Å²) in [5, 5.41) is 3.69. The zero-order valence-electron chi connectivity index (χ0n) is 11.0. The molecule has 0 saturated heterocycles. The van der Waals surface area contributed by atoms with Gasteiger partial charge in [-0.15, -0.1) is 0 Å². The maximum Gasteiger partial charge on any atom is 0.450 e. The Kier molecular flexibility index (Phi) is 4.12. The van der Waals surface area contributed by atoms with Gasteiger partial charge in [0.2, 0.25) is 17.5 Å². The first-order valence-corrected chi connectivity index (χ1v) is 6.36. The summed E-state index contributed by atoms with van der Waals surface area (Å²) in [5.74, 6) is -2.00. The Morgan fingerprint density at radius 2 is 2.00 bits per heavy atom. The highest BCUT2D eigenvalue weighted by Gasteiger charge is 2.41. The van der Waals surface area contributed by atoms with E-state index < -0.39 is 24.0 Å². The van der Waals surface area contributed by atoms with Crippen molar-refractivity contribution in [3.63, 3.8) is 0 Å². The second kappa shape index (κ2) is 5.51. The SMILES string of the molecule is COC1(c2noc(CC(=O)C(F)(F)F)n2)CCCCC1. The highest BCUT2D eigenvalue weighted by atomic mass is 19.4. The van der Waals surface area contributed by atoms with E-state index in [9.17, 15) is 18.0 Å². The zero-order valence-corrected chi connectivity index (χ0v) is 11.0. The zero-order chi connectivity index (χ0) is 14.8. The number of alkyl halides is 3. The first-order chi connectivity index (χ1) is 9.37. The molecule has 5 nitrogen and oxygen atoms in total. The summed E-state index contributed by atoms with van der Waals surface area (Å²) >= 11 is 0. The molecule has 20 heavy (non-hydrogen) atoms. The number of halogens is 3. The van der Waals surface area contributed by atoms with Crippen LogP contribution < -0.4 is 0 Å². The Morgan fingerprint density at radius 1 is 1.35 bits per heavy atom. The third kappa shape index (κ3) is 3.00. The third-order valence-corrected chi connectivity index (χ3v) is 3.56. The molecule has 2 rings (SSSR count). The number of carbonyl (C=O) groups is 1. The number of aromatic nitrogens is 2. The number of ketones is 1. The maximum absolute atomic E-state index is 12.2. The minimum Gasteiger partial charge on any atom is -0.370 e. The average molecular weight is 292 g/mol. The van der Waals surface area contributed by atoms with Gasteiger partial charge in [-0.25, -0.2) is 0 Å². The fraction of sp³-hybridized carbons (Fsp3) is 0.750. The lowest BCUT2D eigenvalue weighted by atomic mass is 9.84. The van der Waals surface area contributed by atoms with E-state index in [2.05, 4.69) is 10.1 Å². The Hall–Kier alpha value is -1.44. The lowest BCUT2D eigenvalue weighted by Crippen LogP contribution is -2.32. The first kappa shape index (κ1) is 15.0. The van der Waals surface area contributed by atoms with Crippen LogP contribution in [-0.2, 0) is 21.6 Å². The number of nitrogens with zero attached hydrogens (tertiary/aromatic N) is 2. The summed E-state index contributed by atoms with van der Waals surface area (Å²) in [5.41, 5.74) is -0.707. The summed E-state index contributed by atoms with van der Waals surface area (Å²) in [6.07, 6.45) is -1.51. The minimum absolute atomic E-state index is 0.227. The molecule has 112 valence electrons. The van der Waals surface area contributed by atoms with Crippen molar-refractivity contribution in [3.05, 3.63) is 11.7 Å². The molecule has 1 fully saturated rings. The molecule has 0 bridgehead atoms. The van der Waals surface area contributed by atoms with Crippen molar-refractivity contribution in [1.29, 1.82) is 0 Å². The van der Waals surface area contributed by atoms with Crippen molar-refractivity contribution in [1.82, 2.24) is 10.1 Å². The molecule has 1 aliphatic rings. The first-order valence-electron chi connectivity index (χ1n) is 6.36. The highest BCUT2D eigenvalue weighted by molar-refractivity contribution is 5.85. The van der Waals surface area contributed by atoms with Crippen molar-refractivity contribution < 1.29 is 27.2 Å². The van der Waals surface area contributed by atoms with Crippen LogP contribution in [0.3, 0.4) is 0 Å². The van der Waals surface area contributed by atoms with Crippen LogP contribution in [0.2, 0.25) is 0 Å². The highest BCUT2D eigenvalue weighted by Crippen LogP contribution is 2.38. The number of ether oxygens (including phenoxy) is 1. The smallest absolute Gasteiger partial charge is 0.370 e. The van der Waals surface area contributed by atoms with Crippen LogP contribution in [0.25, 0.3) is 0 Å². The molecule has 0 radical (unpaired) electrons. The molecule has 1 saturated carbocycles. The van der Waals surface area contributed by atoms with E-state index in [0.29, 0.717) is 12.8 Å². The van der Waals surface area contributed by atoms with Crippen LogP contribution in [0.1, 0.15) is 43.8 Å². The molecule has 0 N–H and O–H groups in total. The van der Waals surface area contributed by atoms with E-state index in [4.69, 9.17) is 9.26 Å². The summed E-state index contributed by atoms with van der Waals surface area (Å²) in [6, 6.07) is 0. The quantitative estimate of drug-likeness (QED) is 0.853. The van der Waals surface area contributed by atoms with E-state index in [1.54, 1.807) is 0 Å². The van der Waals surface area contributed by atoms with E-state index >= 15 is 0 Å². The van der Waals surface area contributed by atoms with E-state index in [0.717, 1.165) is 19.3 Å². The molecule has 0 aliphatic heterocycles. The molecule has 1 heterocycles. The summed E-state index contributed by atoms with van der Waals surface area (Å²) in [6.45, 7) is 0. The van der Waals surface area contributed by atoms with Gasteiger partial charge in [0.1, 0.15) is 5.60 Å². The van der Waals surface area contributed by atoms with Crippen LogP contribution >= 0.6 is 0 Å². The van der Waals surface area contributed by atoms with Gasteiger partial charge in [-0.2, -0.15) is 18.2 Å². The number of hydrogen-bond acceptors (Lipinski definition) is 5. The lowest BCUT2D eigenvalue weighted by molar-refractivity contribution is -0.170. The van der Waals surface area contributed by atoms with Gasteiger partial charge in [-0.05, 0) is 12.8 Å². The molecule has 0 unspecified atom stereocenters. The van der Waals surface area contributed by atoms with Crippen LogP contribution in [0.5, 0.6) is 0 Å². The van der Waals surface area contributed by atoms with Crippen LogP contribution in [0.15, 0.2) is 4.52 Å². The lowest BCUT2D eigenvalue weighted by Gasteiger charge is -2.32. The molecular formula is C12H15F3N2O3. The van der Waals surface area contributed by atoms with Crippen molar-refractivity contribution in [2.45, 2.75) is 50.3 Å². The fourth-order valence-electron chi connectivity index (χ4n) is 2.39. The van der Waals surface area contributed by atoms with Gasteiger partial charge in [-0.3, -0.25) is 4.79 Å². The number of rotatable bonds is 4. The van der Waals surface area contributed by atoms with Gasteiger partial charge in [0.25, 0.3) is 0 Å². The predicted octanol–water partition coefficient (Wildman–Crippen LogP) is 2.55. The van der Waals surface area contributed by atoms with Gasteiger partial charge < -0.3 is 9.26 Å². The van der Waals surface area contributed by atoms with E-state index in [1.807, 2.05) is 0 Å². The molecule has 0 aromatic carbocycles. The molecule has 1 aromatic rings. The molecular weight excluding hydrogens is 277 g/mol. The molecule has 1 aromatic heterocycles. The Morgan fingerprint density at radius 3 is 2.55 bits per heavy atom. The summed E-state index contributed by atoms with van der Waals surface area (Å²) < 4.78 is 46.7. The van der Waals surface area contributed by atoms with Crippen molar-refractivity contribution in [2.75, 3.05) is 7.11 Å². The third-order valence-electron chi connectivity index (χ3n) is 3.56. The molecule has 1 aliphatic carbocycles. The molecule has 0 atom stereocenters. The van der Waals surface area contributed by atoms with Crippen LogP contribution in [0.4, 0.5) is 13.2 Å². The fourth-order valence-corrected chi connectivity index (χ4v) is 2.39. The second-order valence-corrected chi connectivity index (χ2v) is 4.87. The second-order valence-electron chi connectivity index (χ2n) is 4.87. The van der Waals surface area contributed by atoms with Crippen LogP contribution in [-0.4, -0.2) is 29.2 Å². The molecule has 0 spiro atoms. The standard InChI is InChI=1S/C12H15F3N2O3/c1-19-11(5-3-2-4-6-11)10-16-9(20-17-10)7-8(18)12(13,14)15/h2-7H2,1H3. The van der Waals surface area contributed by atoms with Gasteiger partial charge in [0.05, 0.1) is 6.42 Å². The average Bonchev–Trinajstić information content (AvgIpc) is 2.87. The van der Waals surface area contributed by atoms with Crippen molar-refractivity contribution >= 4 is 5.78 Å². The number of Topliss-reactive ketones (excluding diaryl/α,β-unsaturated/α-hetero) is 1. The number of hydrogen-bond donors (Lipinski definition) is 0. The number of carbonyl (C=O) groups excluding carboxylic acids is 1. The van der Waals surface area contributed by atoms with E-state index in [-0.39, 0.29) is 11.7 Å². The molecule has 8 heteroatoms. The van der Waals surface area contributed by atoms with Crippen molar-refractivity contribution in [3.8, 4) is 0 Å². The Balaban J connectivity index is 2.14. The Labute approximate surface area is 113 Å². The topological polar surface area (TPSA) is 65.2 Å². The van der Waals surface area contributed by atoms with Gasteiger partial charge >= 0.3 is 6.18 Å². The van der Waals surface area contributed by atoms with Gasteiger partial charge in [0, 0.05) is 7.11 Å². The number of methoxy groups -OCH3 is 1.